The summed E-state index contributed by atoms with van der Waals surface area (Å²) in [6.45, 7) is 2.23. The van der Waals surface area contributed by atoms with Crippen molar-refractivity contribution >= 4 is 23.8 Å². The van der Waals surface area contributed by atoms with Gasteiger partial charge < -0.3 is 14.9 Å². The van der Waals surface area contributed by atoms with E-state index in [1.807, 2.05) is 14.1 Å². The molecule has 2 N–H and O–H groups in total. The first-order valence-electron chi connectivity index (χ1n) is 6.61. The summed E-state index contributed by atoms with van der Waals surface area (Å²) in [5.74, 6) is -0.00382. The maximum Gasteiger partial charge on any atom is 0.324 e. The highest BCUT2D eigenvalue weighted by Crippen LogP contribution is 2.30. The van der Waals surface area contributed by atoms with Crippen LogP contribution in [-0.2, 0) is 4.79 Å². The van der Waals surface area contributed by atoms with Gasteiger partial charge in [-0.25, -0.2) is 9.78 Å². The van der Waals surface area contributed by atoms with Crippen LogP contribution in [0.4, 0.5) is 16.6 Å². The van der Waals surface area contributed by atoms with E-state index in [9.17, 15) is 14.7 Å². The molecule has 8 heteroatoms. The number of likely N-dealkylation sites (tertiary alicyclic amines) is 1. The van der Waals surface area contributed by atoms with Crippen molar-refractivity contribution < 1.29 is 14.7 Å². The fraction of sp³-hybridized carbons (Fsp3) is 0.538. The molecule has 1 atom stereocenters. The Hall–Kier alpha value is -2.38. The summed E-state index contributed by atoms with van der Waals surface area (Å²) in [7, 11) is 3.68. The van der Waals surface area contributed by atoms with Gasteiger partial charge in [0.25, 0.3) is 0 Å². The van der Waals surface area contributed by atoms with Gasteiger partial charge in [-0.1, -0.05) is 0 Å². The van der Waals surface area contributed by atoms with Crippen LogP contribution in [0.3, 0.4) is 0 Å². The summed E-state index contributed by atoms with van der Waals surface area (Å²) in [5.41, 5.74) is -0.885. The second kappa shape index (κ2) is 5.55. The van der Waals surface area contributed by atoms with Crippen LogP contribution in [0.1, 0.15) is 13.3 Å². The van der Waals surface area contributed by atoms with Crippen LogP contribution < -0.4 is 10.2 Å². The summed E-state index contributed by atoms with van der Waals surface area (Å²) in [6.07, 6.45) is 2.00. The molecule has 2 rings (SSSR count). The van der Waals surface area contributed by atoms with Crippen molar-refractivity contribution in [2.75, 3.05) is 37.4 Å². The molecule has 0 aliphatic carbocycles. The van der Waals surface area contributed by atoms with Crippen molar-refractivity contribution in [3.63, 3.8) is 0 Å². The molecule has 1 unspecified atom stereocenters. The molecule has 2 amide bonds. The molecule has 1 aliphatic heterocycles. The third-order valence-electron chi connectivity index (χ3n) is 3.59. The Bertz CT molecular complexity index is 562. The number of nitrogens with one attached hydrogen (secondary N) is 1. The molecule has 2 heterocycles. The molecule has 0 spiro atoms. The van der Waals surface area contributed by atoms with Crippen LogP contribution in [0.5, 0.6) is 0 Å². The molecule has 114 valence electrons. The number of carboxylic acid groups (broad SMARTS) is 1. The van der Waals surface area contributed by atoms with Gasteiger partial charge in [0.15, 0.2) is 0 Å². The molecule has 0 aromatic carbocycles. The smallest absolute Gasteiger partial charge is 0.324 e. The second-order valence-electron chi connectivity index (χ2n) is 5.60. The zero-order chi connectivity index (χ0) is 15.6. The van der Waals surface area contributed by atoms with Crippen LogP contribution in [0, 0.1) is 5.41 Å². The minimum atomic E-state index is -0.886. The number of hydrogen-bond acceptors (Lipinski definition) is 5. The molecule has 1 aliphatic rings. The fourth-order valence-corrected chi connectivity index (χ4v) is 2.14. The number of carboxylic acids is 1. The number of aromatic nitrogens is 2. The lowest BCUT2D eigenvalue weighted by atomic mass is 9.90. The number of urea groups is 1. The van der Waals surface area contributed by atoms with E-state index in [1.54, 1.807) is 24.1 Å². The highest BCUT2D eigenvalue weighted by atomic mass is 16.4. The van der Waals surface area contributed by atoms with Gasteiger partial charge in [0.2, 0.25) is 5.95 Å². The zero-order valence-corrected chi connectivity index (χ0v) is 12.3. The molecule has 21 heavy (non-hydrogen) atoms. The van der Waals surface area contributed by atoms with Crippen molar-refractivity contribution in [1.82, 2.24) is 14.9 Å². The van der Waals surface area contributed by atoms with Gasteiger partial charge in [0.05, 0.1) is 5.41 Å². The number of carbonyl (C=O) groups is 2. The van der Waals surface area contributed by atoms with E-state index in [0.29, 0.717) is 18.8 Å². The first-order valence-corrected chi connectivity index (χ1v) is 6.61. The largest absolute Gasteiger partial charge is 0.481 e. The van der Waals surface area contributed by atoms with Gasteiger partial charge in [-0.15, -0.1) is 0 Å². The Kier molecular flexibility index (Phi) is 3.97. The highest BCUT2D eigenvalue weighted by molar-refractivity contribution is 5.88. The van der Waals surface area contributed by atoms with E-state index in [2.05, 4.69) is 15.3 Å². The number of carbonyl (C=O) groups excluding carboxylic acids is 1. The molecule has 1 aromatic rings. The topological polar surface area (TPSA) is 98.7 Å². The van der Waals surface area contributed by atoms with Crippen molar-refractivity contribution in [2.45, 2.75) is 13.3 Å². The van der Waals surface area contributed by atoms with E-state index in [-0.39, 0.29) is 18.5 Å². The predicted octanol–water partition coefficient (Wildman–Crippen LogP) is 0.871. The normalized spacial score (nSPS) is 21.2. The molecule has 1 aromatic heterocycles. The Labute approximate surface area is 122 Å². The molecular formula is C13H19N5O3. The van der Waals surface area contributed by atoms with E-state index in [4.69, 9.17) is 0 Å². The van der Waals surface area contributed by atoms with Crippen LogP contribution in [-0.4, -0.2) is 59.2 Å². The Balaban J connectivity index is 2.03. The number of amides is 2. The van der Waals surface area contributed by atoms with E-state index in [1.165, 1.54) is 4.90 Å². The standard InChI is InChI=1S/C13H19N5O3/c1-13(10(19)20)5-7-18(8-13)12(21)16-11-14-6-4-9(15-11)17(2)3/h4,6H,5,7-8H2,1-3H3,(H,19,20)(H,14,15,16,21). The first kappa shape index (κ1) is 15.0. The summed E-state index contributed by atoms with van der Waals surface area (Å²) < 4.78 is 0. The van der Waals surface area contributed by atoms with Gasteiger partial charge in [-0.05, 0) is 19.4 Å². The van der Waals surface area contributed by atoms with Gasteiger partial charge in [-0.3, -0.25) is 10.1 Å². The first-order chi connectivity index (χ1) is 9.82. The average molecular weight is 293 g/mol. The van der Waals surface area contributed by atoms with Crippen LogP contribution >= 0.6 is 0 Å². The summed E-state index contributed by atoms with van der Waals surface area (Å²) in [4.78, 5) is 34.8. The van der Waals surface area contributed by atoms with E-state index < -0.39 is 11.4 Å². The Morgan fingerprint density at radius 2 is 2.19 bits per heavy atom. The van der Waals surface area contributed by atoms with Gasteiger partial charge in [0.1, 0.15) is 5.82 Å². The fourth-order valence-electron chi connectivity index (χ4n) is 2.14. The minimum absolute atomic E-state index is 0.182. The van der Waals surface area contributed by atoms with Gasteiger partial charge in [0, 0.05) is 33.4 Å². The van der Waals surface area contributed by atoms with Gasteiger partial charge in [-0.2, -0.15) is 4.98 Å². The maximum atomic E-state index is 12.1. The number of hydrogen-bond donors (Lipinski definition) is 2. The summed E-state index contributed by atoms with van der Waals surface area (Å²) >= 11 is 0. The Morgan fingerprint density at radius 3 is 2.76 bits per heavy atom. The monoisotopic (exact) mass is 293 g/mol. The van der Waals surface area contributed by atoms with E-state index in [0.717, 1.165) is 0 Å². The van der Waals surface area contributed by atoms with Crippen LogP contribution in [0.25, 0.3) is 0 Å². The lowest BCUT2D eigenvalue weighted by molar-refractivity contribution is -0.146. The third-order valence-corrected chi connectivity index (χ3v) is 3.59. The van der Waals surface area contributed by atoms with Crippen molar-refractivity contribution in [3.05, 3.63) is 12.3 Å². The number of nitrogens with zero attached hydrogens (tertiary/aromatic N) is 4. The number of rotatable bonds is 3. The SMILES string of the molecule is CN(C)c1ccnc(NC(=O)N2CCC(C)(C(=O)O)C2)n1. The molecule has 0 bridgehead atoms. The number of aliphatic carboxylic acids is 1. The molecule has 8 nitrogen and oxygen atoms in total. The highest BCUT2D eigenvalue weighted by Gasteiger charge is 2.42. The van der Waals surface area contributed by atoms with Gasteiger partial charge >= 0.3 is 12.0 Å². The Morgan fingerprint density at radius 1 is 1.48 bits per heavy atom. The molecular weight excluding hydrogens is 274 g/mol. The maximum absolute atomic E-state index is 12.1. The van der Waals surface area contributed by atoms with Crippen molar-refractivity contribution in [1.29, 1.82) is 0 Å². The predicted molar refractivity (Wildman–Crippen MR) is 77.3 cm³/mol. The van der Waals surface area contributed by atoms with E-state index >= 15 is 0 Å². The van der Waals surface area contributed by atoms with Crippen molar-refractivity contribution in [2.24, 2.45) is 5.41 Å². The second-order valence-corrected chi connectivity index (χ2v) is 5.60. The molecule has 0 saturated carbocycles. The third kappa shape index (κ3) is 3.21. The molecule has 1 fully saturated rings. The van der Waals surface area contributed by atoms with Crippen LogP contribution in [0.15, 0.2) is 12.3 Å². The molecule has 1 saturated heterocycles. The quantitative estimate of drug-likeness (QED) is 0.858. The average Bonchev–Trinajstić information content (AvgIpc) is 2.83. The lowest BCUT2D eigenvalue weighted by Gasteiger charge is -2.20. The van der Waals surface area contributed by atoms with Crippen molar-refractivity contribution in [3.8, 4) is 0 Å². The number of anilines is 2. The zero-order valence-electron chi connectivity index (χ0n) is 12.3. The minimum Gasteiger partial charge on any atom is -0.481 e. The summed E-state index contributed by atoms with van der Waals surface area (Å²) in [6, 6.07) is 1.35. The van der Waals surface area contributed by atoms with Crippen LogP contribution in [0.2, 0.25) is 0 Å². The summed E-state index contributed by atoms with van der Waals surface area (Å²) in [5, 5.41) is 11.8. The lowest BCUT2D eigenvalue weighted by Crippen LogP contribution is -2.37. The molecule has 0 radical (unpaired) electrons.